The molecule has 0 aliphatic heterocycles. The normalized spacial score (nSPS) is 11.1. The summed E-state index contributed by atoms with van der Waals surface area (Å²) in [4.78, 5) is 16.8. The molecule has 2 aromatic carbocycles. The highest BCUT2D eigenvalue weighted by Crippen LogP contribution is 2.29. The Balaban J connectivity index is 1.58. The number of nitrogens with one attached hydrogen (secondary N) is 1. The second kappa shape index (κ2) is 6.11. The lowest BCUT2D eigenvalue weighted by Crippen LogP contribution is -2.14. The van der Waals surface area contributed by atoms with E-state index in [2.05, 4.69) is 10.3 Å². The third kappa shape index (κ3) is 3.02. The summed E-state index contributed by atoms with van der Waals surface area (Å²) in [7, 11) is 0. The zero-order chi connectivity index (χ0) is 17.4. The second-order valence-electron chi connectivity index (χ2n) is 5.75. The van der Waals surface area contributed by atoms with Crippen molar-refractivity contribution < 1.29 is 9.90 Å². The SMILES string of the molecule is O=C(Cc1cn2cc(Cl)ccc2n1)Nc1cccc2c(O)cccc12. The number of anilines is 1. The standard InChI is InChI=1S/C19H14ClN3O2/c20-12-7-8-18-21-13(11-23(18)10-12)9-19(25)22-16-5-1-4-15-14(16)3-2-6-17(15)24/h1-8,10-11,24H,9H2,(H,22,25). The molecule has 2 aromatic heterocycles. The van der Waals surface area contributed by atoms with Gasteiger partial charge in [0.15, 0.2) is 0 Å². The first-order chi connectivity index (χ1) is 12.1. The van der Waals surface area contributed by atoms with Crippen molar-refractivity contribution in [1.82, 2.24) is 9.38 Å². The molecule has 4 aromatic rings. The summed E-state index contributed by atoms with van der Waals surface area (Å²) in [6.07, 6.45) is 3.68. The average molecular weight is 352 g/mol. The van der Waals surface area contributed by atoms with Gasteiger partial charge in [-0.3, -0.25) is 4.79 Å². The summed E-state index contributed by atoms with van der Waals surface area (Å²) in [5.74, 6) is 0.0103. The summed E-state index contributed by atoms with van der Waals surface area (Å²) in [5.41, 5.74) is 2.05. The topological polar surface area (TPSA) is 66.6 Å². The van der Waals surface area contributed by atoms with Crippen LogP contribution in [0.5, 0.6) is 5.75 Å². The van der Waals surface area contributed by atoms with Gasteiger partial charge in [0, 0.05) is 28.9 Å². The minimum absolute atomic E-state index is 0.147. The molecule has 5 nitrogen and oxygen atoms in total. The third-order valence-corrected chi connectivity index (χ3v) is 4.20. The number of amides is 1. The van der Waals surface area contributed by atoms with Crippen molar-refractivity contribution in [3.05, 3.63) is 71.6 Å². The van der Waals surface area contributed by atoms with Crippen molar-refractivity contribution in [2.75, 3.05) is 5.32 Å². The van der Waals surface area contributed by atoms with Gasteiger partial charge in [0.1, 0.15) is 11.4 Å². The molecule has 2 N–H and O–H groups in total. The van der Waals surface area contributed by atoms with Crippen LogP contribution in [0.2, 0.25) is 5.02 Å². The molecule has 0 saturated carbocycles. The number of fused-ring (bicyclic) bond motifs is 2. The van der Waals surface area contributed by atoms with E-state index in [4.69, 9.17) is 11.6 Å². The zero-order valence-electron chi connectivity index (χ0n) is 13.1. The van der Waals surface area contributed by atoms with E-state index in [-0.39, 0.29) is 18.1 Å². The highest BCUT2D eigenvalue weighted by molar-refractivity contribution is 6.30. The lowest BCUT2D eigenvalue weighted by atomic mass is 10.1. The molecule has 0 aliphatic rings. The first-order valence-electron chi connectivity index (χ1n) is 7.74. The van der Waals surface area contributed by atoms with Crippen molar-refractivity contribution in [2.45, 2.75) is 6.42 Å². The largest absolute Gasteiger partial charge is 0.507 e. The van der Waals surface area contributed by atoms with E-state index in [9.17, 15) is 9.90 Å². The number of aromatic nitrogens is 2. The maximum atomic E-state index is 12.4. The molecule has 0 radical (unpaired) electrons. The van der Waals surface area contributed by atoms with Gasteiger partial charge in [-0.25, -0.2) is 4.98 Å². The number of pyridine rings is 1. The van der Waals surface area contributed by atoms with Crippen LogP contribution in [0.15, 0.2) is 60.9 Å². The molecule has 6 heteroatoms. The minimum atomic E-state index is -0.176. The lowest BCUT2D eigenvalue weighted by molar-refractivity contribution is -0.115. The van der Waals surface area contributed by atoms with E-state index in [0.717, 1.165) is 11.0 Å². The Morgan fingerprint density at radius 3 is 2.76 bits per heavy atom. The van der Waals surface area contributed by atoms with Crippen molar-refractivity contribution >= 4 is 39.6 Å². The molecule has 124 valence electrons. The van der Waals surface area contributed by atoms with Crippen LogP contribution in [0, 0.1) is 0 Å². The van der Waals surface area contributed by atoms with Gasteiger partial charge in [-0.2, -0.15) is 0 Å². The monoisotopic (exact) mass is 351 g/mol. The molecule has 0 saturated heterocycles. The summed E-state index contributed by atoms with van der Waals surface area (Å²) < 4.78 is 1.79. The molecule has 0 atom stereocenters. The Morgan fingerprint density at radius 1 is 1.08 bits per heavy atom. The molecular weight excluding hydrogens is 338 g/mol. The van der Waals surface area contributed by atoms with Gasteiger partial charge in [-0.1, -0.05) is 35.9 Å². The predicted molar refractivity (Wildman–Crippen MR) is 98.1 cm³/mol. The number of rotatable bonds is 3. The maximum Gasteiger partial charge on any atom is 0.230 e. The van der Waals surface area contributed by atoms with E-state index >= 15 is 0 Å². The fourth-order valence-electron chi connectivity index (χ4n) is 2.86. The first-order valence-corrected chi connectivity index (χ1v) is 8.12. The van der Waals surface area contributed by atoms with Crippen molar-refractivity contribution in [1.29, 1.82) is 0 Å². The van der Waals surface area contributed by atoms with Crippen LogP contribution in [0.1, 0.15) is 5.69 Å². The summed E-state index contributed by atoms with van der Waals surface area (Å²) >= 11 is 5.96. The number of imidazole rings is 1. The number of carbonyl (C=O) groups excluding carboxylic acids is 1. The third-order valence-electron chi connectivity index (χ3n) is 3.98. The number of phenolic OH excluding ortho intramolecular Hbond substituents is 1. The van der Waals surface area contributed by atoms with Gasteiger partial charge in [0.2, 0.25) is 5.91 Å². The number of carbonyl (C=O) groups is 1. The van der Waals surface area contributed by atoms with Crippen LogP contribution >= 0.6 is 11.6 Å². The lowest BCUT2D eigenvalue weighted by Gasteiger charge is -2.09. The molecular formula is C19H14ClN3O2. The van der Waals surface area contributed by atoms with Crippen LogP contribution in [0.3, 0.4) is 0 Å². The Hall–Kier alpha value is -3.05. The van der Waals surface area contributed by atoms with Crippen molar-refractivity contribution in [3.63, 3.8) is 0 Å². The Labute approximate surface area is 148 Å². The molecule has 0 bridgehead atoms. The maximum absolute atomic E-state index is 12.4. The van der Waals surface area contributed by atoms with Crippen LogP contribution in [-0.4, -0.2) is 20.4 Å². The Bertz CT molecular complexity index is 1100. The van der Waals surface area contributed by atoms with Gasteiger partial charge in [0.05, 0.1) is 17.1 Å². The van der Waals surface area contributed by atoms with Gasteiger partial charge in [-0.05, 0) is 24.3 Å². The summed E-state index contributed by atoms with van der Waals surface area (Å²) in [5, 5.41) is 14.9. The van der Waals surface area contributed by atoms with Crippen LogP contribution in [-0.2, 0) is 11.2 Å². The zero-order valence-corrected chi connectivity index (χ0v) is 13.9. The van der Waals surface area contributed by atoms with E-state index in [1.165, 1.54) is 0 Å². The van der Waals surface area contributed by atoms with E-state index in [0.29, 0.717) is 21.8 Å². The van der Waals surface area contributed by atoms with Crippen LogP contribution in [0.4, 0.5) is 5.69 Å². The number of hydrogen-bond donors (Lipinski definition) is 2. The molecule has 2 heterocycles. The van der Waals surface area contributed by atoms with Gasteiger partial charge in [0.25, 0.3) is 0 Å². The van der Waals surface area contributed by atoms with E-state index in [1.807, 2.05) is 18.2 Å². The molecule has 0 fully saturated rings. The molecule has 25 heavy (non-hydrogen) atoms. The van der Waals surface area contributed by atoms with Crippen molar-refractivity contribution in [2.24, 2.45) is 0 Å². The van der Waals surface area contributed by atoms with Gasteiger partial charge >= 0.3 is 0 Å². The Morgan fingerprint density at radius 2 is 1.88 bits per heavy atom. The minimum Gasteiger partial charge on any atom is -0.507 e. The van der Waals surface area contributed by atoms with E-state index in [1.54, 1.807) is 47.1 Å². The molecule has 0 spiro atoms. The fourth-order valence-corrected chi connectivity index (χ4v) is 3.03. The quantitative estimate of drug-likeness (QED) is 0.585. The number of nitrogens with zero attached hydrogens (tertiary/aromatic N) is 2. The van der Waals surface area contributed by atoms with E-state index < -0.39 is 0 Å². The average Bonchev–Trinajstić information content (AvgIpc) is 2.97. The fraction of sp³-hybridized carbons (Fsp3) is 0.0526. The highest BCUT2D eigenvalue weighted by Gasteiger charge is 2.11. The van der Waals surface area contributed by atoms with Gasteiger partial charge < -0.3 is 14.8 Å². The highest BCUT2D eigenvalue weighted by atomic mass is 35.5. The predicted octanol–water partition coefficient (Wildman–Crippen LogP) is 4.03. The second-order valence-corrected chi connectivity index (χ2v) is 6.18. The van der Waals surface area contributed by atoms with Crippen LogP contribution in [0.25, 0.3) is 16.4 Å². The smallest absolute Gasteiger partial charge is 0.230 e. The molecule has 1 amide bonds. The number of aromatic hydroxyl groups is 1. The molecule has 4 rings (SSSR count). The number of hydrogen-bond acceptors (Lipinski definition) is 3. The Kier molecular flexibility index (Phi) is 3.78. The summed E-state index contributed by atoms with van der Waals surface area (Å²) in [6.45, 7) is 0. The number of benzene rings is 2. The molecule has 0 aliphatic carbocycles. The first kappa shape index (κ1) is 15.5. The summed E-state index contributed by atoms with van der Waals surface area (Å²) in [6, 6.07) is 14.2. The van der Waals surface area contributed by atoms with Crippen LogP contribution < -0.4 is 5.32 Å². The number of phenols is 1. The van der Waals surface area contributed by atoms with Gasteiger partial charge in [-0.15, -0.1) is 0 Å². The number of halogens is 1. The van der Waals surface area contributed by atoms with Crippen molar-refractivity contribution in [3.8, 4) is 5.75 Å². The molecule has 0 unspecified atom stereocenters.